The largest absolute Gasteiger partial charge is 0.340 e. The Labute approximate surface area is 161 Å². The molecule has 1 atom stereocenters. The van der Waals surface area contributed by atoms with Crippen LogP contribution in [0.5, 0.6) is 0 Å². The number of hydrogen-bond acceptors (Lipinski definition) is 3. The topological polar surface area (TPSA) is 51.0 Å². The van der Waals surface area contributed by atoms with Crippen molar-refractivity contribution in [2.75, 3.05) is 6.54 Å². The maximum Gasteiger partial charge on any atom is 0.222 e. The van der Waals surface area contributed by atoms with Crippen LogP contribution in [0.15, 0.2) is 36.7 Å². The number of rotatable bonds is 9. The van der Waals surface area contributed by atoms with E-state index < -0.39 is 0 Å². The average molecular weight is 367 g/mol. The maximum atomic E-state index is 12.7. The van der Waals surface area contributed by atoms with Crippen LogP contribution in [-0.2, 0) is 24.2 Å². The van der Waals surface area contributed by atoms with Gasteiger partial charge in [-0.1, -0.05) is 30.3 Å². The van der Waals surface area contributed by atoms with Gasteiger partial charge in [0.05, 0.1) is 0 Å². The van der Waals surface area contributed by atoms with E-state index in [9.17, 15) is 4.79 Å². The van der Waals surface area contributed by atoms with Crippen molar-refractivity contribution >= 4 is 5.91 Å². The third kappa shape index (κ3) is 4.96. The predicted molar refractivity (Wildman–Crippen MR) is 105 cm³/mol. The van der Waals surface area contributed by atoms with Crippen molar-refractivity contribution in [2.24, 2.45) is 5.92 Å². The second-order valence-corrected chi connectivity index (χ2v) is 8.10. The molecule has 4 rings (SSSR count). The van der Waals surface area contributed by atoms with Gasteiger partial charge < -0.3 is 9.47 Å². The number of aryl methyl sites for hydroxylation is 2. The molecule has 0 radical (unpaired) electrons. The number of carbonyl (C=O) groups excluding carboxylic acids is 1. The van der Waals surface area contributed by atoms with Crippen LogP contribution in [0.2, 0.25) is 0 Å². The molecule has 27 heavy (non-hydrogen) atoms. The van der Waals surface area contributed by atoms with Gasteiger partial charge in [0.25, 0.3) is 0 Å². The number of nitrogens with zero attached hydrogens (tertiary/aromatic N) is 4. The molecule has 2 aromatic rings. The first-order valence-electron chi connectivity index (χ1n) is 10.5. The number of benzene rings is 1. The first-order valence-corrected chi connectivity index (χ1v) is 10.5. The van der Waals surface area contributed by atoms with Gasteiger partial charge in [0.1, 0.15) is 12.2 Å². The number of hydrogen-bond donors (Lipinski definition) is 0. The average Bonchev–Trinajstić information content (AvgIpc) is 3.19. The molecular formula is C22H30N4O. The third-order valence-electron chi connectivity index (χ3n) is 5.95. The smallest absolute Gasteiger partial charge is 0.222 e. The molecule has 144 valence electrons. The molecule has 0 spiro atoms. The van der Waals surface area contributed by atoms with E-state index in [0.717, 1.165) is 63.4 Å². The quantitative estimate of drug-likeness (QED) is 0.681. The van der Waals surface area contributed by atoms with Crippen molar-refractivity contribution in [3.8, 4) is 0 Å². The zero-order chi connectivity index (χ0) is 18.5. The molecule has 0 N–H and O–H groups in total. The van der Waals surface area contributed by atoms with E-state index in [4.69, 9.17) is 0 Å². The Morgan fingerprint density at radius 2 is 1.96 bits per heavy atom. The van der Waals surface area contributed by atoms with Gasteiger partial charge in [0, 0.05) is 32.0 Å². The van der Waals surface area contributed by atoms with Crippen molar-refractivity contribution in [1.82, 2.24) is 19.7 Å². The van der Waals surface area contributed by atoms with Crippen LogP contribution in [0.3, 0.4) is 0 Å². The van der Waals surface area contributed by atoms with E-state index in [1.165, 1.54) is 18.4 Å². The fraction of sp³-hybridized carbons (Fsp3) is 0.591. The highest BCUT2D eigenvalue weighted by atomic mass is 16.2. The Morgan fingerprint density at radius 3 is 2.78 bits per heavy atom. The van der Waals surface area contributed by atoms with Gasteiger partial charge in [0.15, 0.2) is 0 Å². The SMILES string of the molecule is O=C(CCCc1ccccc1)N1CCCC1CCc1nncn1CC1CC1. The van der Waals surface area contributed by atoms with Gasteiger partial charge in [-0.3, -0.25) is 4.79 Å². The Kier molecular flexibility index (Phi) is 5.85. The van der Waals surface area contributed by atoms with Gasteiger partial charge in [0.2, 0.25) is 5.91 Å². The fourth-order valence-corrected chi connectivity index (χ4v) is 4.20. The molecule has 1 aromatic heterocycles. The highest BCUT2D eigenvalue weighted by Gasteiger charge is 2.29. The van der Waals surface area contributed by atoms with Crippen LogP contribution in [-0.4, -0.2) is 38.2 Å². The van der Waals surface area contributed by atoms with Crippen LogP contribution in [0, 0.1) is 5.92 Å². The van der Waals surface area contributed by atoms with E-state index in [2.05, 4.69) is 43.9 Å². The van der Waals surface area contributed by atoms with Gasteiger partial charge >= 0.3 is 0 Å². The standard InChI is InChI=1S/C22H30N4O/c27-22(10-4-8-18-6-2-1-3-7-18)26-15-5-9-20(26)13-14-21-24-23-17-25(21)16-19-11-12-19/h1-3,6-7,17,19-20H,4-5,8-16H2. The van der Waals surface area contributed by atoms with Crippen LogP contribution in [0.1, 0.15) is 56.3 Å². The normalized spacial score (nSPS) is 19.6. The Hall–Kier alpha value is -2.17. The number of aromatic nitrogens is 3. The summed E-state index contributed by atoms with van der Waals surface area (Å²) in [5.74, 6) is 2.24. The summed E-state index contributed by atoms with van der Waals surface area (Å²) >= 11 is 0. The first kappa shape index (κ1) is 18.2. The molecule has 2 fully saturated rings. The van der Waals surface area contributed by atoms with Gasteiger partial charge in [-0.2, -0.15) is 0 Å². The molecule has 1 aliphatic carbocycles. The molecule has 1 amide bonds. The molecule has 5 heteroatoms. The molecule has 2 aliphatic rings. The molecule has 0 bridgehead atoms. The number of likely N-dealkylation sites (tertiary alicyclic amines) is 1. The summed E-state index contributed by atoms with van der Waals surface area (Å²) < 4.78 is 2.22. The monoisotopic (exact) mass is 366 g/mol. The second kappa shape index (κ2) is 8.68. The summed E-state index contributed by atoms with van der Waals surface area (Å²) in [6.45, 7) is 1.98. The van der Waals surface area contributed by atoms with Crippen molar-refractivity contribution in [1.29, 1.82) is 0 Å². The van der Waals surface area contributed by atoms with Crippen LogP contribution in [0.4, 0.5) is 0 Å². The lowest BCUT2D eigenvalue weighted by atomic mass is 10.1. The van der Waals surface area contributed by atoms with E-state index in [-0.39, 0.29) is 0 Å². The Bertz CT molecular complexity index is 738. The zero-order valence-electron chi connectivity index (χ0n) is 16.1. The Balaban J connectivity index is 1.24. The maximum absolute atomic E-state index is 12.7. The Morgan fingerprint density at radius 1 is 1.11 bits per heavy atom. The van der Waals surface area contributed by atoms with E-state index in [1.54, 1.807) is 0 Å². The van der Waals surface area contributed by atoms with Crippen molar-refractivity contribution in [3.05, 3.63) is 48.0 Å². The summed E-state index contributed by atoms with van der Waals surface area (Å²) in [6, 6.07) is 10.8. The second-order valence-electron chi connectivity index (χ2n) is 8.10. The minimum Gasteiger partial charge on any atom is -0.340 e. The summed E-state index contributed by atoms with van der Waals surface area (Å²) in [5, 5.41) is 8.42. The highest BCUT2D eigenvalue weighted by Crippen LogP contribution is 2.31. The van der Waals surface area contributed by atoms with Crippen molar-refractivity contribution < 1.29 is 4.79 Å². The number of carbonyl (C=O) groups is 1. The summed E-state index contributed by atoms with van der Waals surface area (Å²) in [7, 11) is 0. The molecule has 2 heterocycles. The van der Waals surface area contributed by atoms with Crippen LogP contribution in [0.25, 0.3) is 0 Å². The molecule has 1 saturated carbocycles. The van der Waals surface area contributed by atoms with Crippen molar-refractivity contribution in [2.45, 2.75) is 70.4 Å². The summed E-state index contributed by atoms with van der Waals surface area (Å²) in [6.07, 6.45) is 11.3. The zero-order valence-corrected chi connectivity index (χ0v) is 16.1. The van der Waals surface area contributed by atoms with E-state index in [1.807, 2.05) is 12.4 Å². The molecular weight excluding hydrogens is 336 g/mol. The summed E-state index contributed by atoms with van der Waals surface area (Å²) in [4.78, 5) is 14.9. The molecule has 1 aliphatic heterocycles. The highest BCUT2D eigenvalue weighted by molar-refractivity contribution is 5.76. The number of amides is 1. The van der Waals surface area contributed by atoms with Gasteiger partial charge in [-0.25, -0.2) is 0 Å². The van der Waals surface area contributed by atoms with Crippen LogP contribution >= 0.6 is 0 Å². The predicted octanol–water partition coefficient (Wildman–Crippen LogP) is 3.63. The lowest BCUT2D eigenvalue weighted by Crippen LogP contribution is -2.35. The fourth-order valence-electron chi connectivity index (χ4n) is 4.20. The van der Waals surface area contributed by atoms with E-state index >= 15 is 0 Å². The minimum absolute atomic E-state index is 0.327. The van der Waals surface area contributed by atoms with Crippen molar-refractivity contribution in [3.63, 3.8) is 0 Å². The molecule has 1 saturated heterocycles. The molecule has 5 nitrogen and oxygen atoms in total. The molecule has 1 unspecified atom stereocenters. The third-order valence-corrected chi connectivity index (χ3v) is 5.95. The van der Waals surface area contributed by atoms with E-state index in [0.29, 0.717) is 18.4 Å². The van der Waals surface area contributed by atoms with Crippen LogP contribution < -0.4 is 0 Å². The summed E-state index contributed by atoms with van der Waals surface area (Å²) in [5.41, 5.74) is 1.32. The lowest BCUT2D eigenvalue weighted by Gasteiger charge is -2.25. The van der Waals surface area contributed by atoms with Gasteiger partial charge in [-0.05, 0) is 56.4 Å². The molecule has 1 aromatic carbocycles. The minimum atomic E-state index is 0.327. The van der Waals surface area contributed by atoms with Gasteiger partial charge in [-0.15, -0.1) is 10.2 Å². The first-order chi connectivity index (χ1) is 13.3. The lowest BCUT2D eigenvalue weighted by molar-refractivity contribution is -0.132.